The molecule has 1 aliphatic heterocycles. The van der Waals surface area contributed by atoms with Crippen molar-refractivity contribution >= 4 is 27.7 Å². The minimum absolute atomic E-state index is 0.171. The highest BCUT2D eigenvalue weighted by Gasteiger charge is 2.36. The number of amides is 2. The second-order valence-electron chi connectivity index (χ2n) is 8.17. The molecule has 1 aliphatic rings. The number of benzene rings is 1. The van der Waals surface area contributed by atoms with E-state index in [1.165, 1.54) is 0 Å². The van der Waals surface area contributed by atoms with Gasteiger partial charge in [0, 0.05) is 16.6 Å². The van der Waals surface area contributed by atoms with E-state index >= 15 is 0 Å². The molecule has 0 spiro atoms. The van der Waals surface area contributed by atoms with Gasteiger partial charge in [0.2, 0.25) is 5.91 Å². The average molecular weight is 441 g/mol. The van der Waals surface area contributed by atoms with Crippen molar-refractivity contribution in [3.8, 4) is 0 Å². The number of nitrogens with zero attached hydrogens (tertiary/aromatic N) is 1. The highest BCUT2D eigenvalue weighted by molar-refractivity contribution is 9.10. The number of halogens is 1. The molecule has 1 heterocycles. The van der Waals surface area contributed by atoms with Crippen LogP contribution < -0.4 is 5.32 Å². The van der Waals surface area contributed by atoms with Gasteiger partial charge in [0.25, 0.3) is 5.91 Å². The van der Waals surface area contributed by atoms with E-state index in [9.17, 15) is 19.8 Å². The fourth-order valence-corrected chi connectivity index (χ4v) is 3.40. The molecule has 1 saturated heterocycles. The molecule has 0 aromatic heterocycles. The zero-order valence-electron chi connectivity index (χ0n) is 16.1. The summed E-state index contributed by atoms with van der Waals surface area (Å²) in [7, 11) is 0. The lowest BCUT2D eigenvalue weighted by Gasteiger charge is -2.30. The van der Waals surface area contributed by atoms with E-state index in [0.29, 0.717) is 18.5 Å². The maximum Gasteiger partial charge on any atom is 0.254 e. The van der Waals surface area contributed by atoms with Crippen molar-refractivity contribution in [1.82, 2.24) is 10.2 Å². The summed E-state index contributed by atoms with van der Waals surface area (Å²) >= 11 is 3.35. The Morgan fingerprint density at radius 3 is 2.48 bits per heavy atom. The summed E-state index contributed by atoms with van der Waals surface area (Å²) in [6, 6.07) is 5.97. The Balaban J connectivity index is 2.03. The molecule has 2 rings (SSSR count). The minimum atomic E-state index is -0.654. The molecule has 0 aliphatic carbocycles. The van der Waals surface area contributed by atoms with E-state index in [0.717, 1.165) is 10.9 Å². The summed E-state index contributed by atoms with van der Waals surface area (Å²) in [6.45, 7) is 5.99. The largest absolute Gasteiger partial charge is 0.394 e. The normalized spacial score (nSPS) is 19.6. The molecule has 0 radical (unpaired) electrons. The number of aliphatic hydroxyl groups excluding tert-OH is 2. The number of likely N-dealkylation sites (tertiary alicyclic amines) is 1. The quantitative estimate of drug-likeness (QED) is 0.632. The lowest BCUT2D eigenvalue weighted by Crippen LogP contribution is -2.51. The molecular weight excluding hydrogens is 412 g/mol. The number of carbonyl (C=O) groups is 2. The van der Waals surface area contributed by atoms with E-state index in [-0.39, 0.29) is 30.3 Å². The lowest BCUT2D eigenvalue weighted by atomic mass is 9.85. The van der Waals surface area contributed by atoms with Gasteiger partial charge in [-0.05, 0) is 48.9 Å². The Morgan fingerprint density at radius 1 is 1.30 bits per heavy atom. The second kappa shape index (κ2) is 9.17. The maximum absolute atomic E-state index is 12.8. The summed E-state index contributed by atoms with van der Waals surface area (Å²) in [5, 5.41) is 22.7. The summed E-state index contributed by atoms with van der Waals surface area (Å²) in [5.74, 6) is -0.450. The van der Waals surface area contributed by atoms with Crippen LogP contribution in [0.15, 0.2) is 28.7 Å². The summed E-state index contributed by atoms with van der Waals surface area (Å²) in [5.41, 5.74) is 0.203. The Bertz CT molecular complexity index is 657. The molecule has 1 fully saturated rings. The van der Waals surface area contributed by atoms with Crippen molar-refractivity contribution in [2.24, 2.45) is 5.41 Å². The maximum atomic E-state index is 12.8. The van der Waals surface area contributed by atoms with Crippen molar-refractivity contribution in [3.05, 3.63) is 34.3 Å². The Labute approximate surface area is 169 Å². The highest BCUT2D eigenvalue weighted by Crippen LogP contribution is 2.24. The summed E-state index contributed by atoms with van der Waals surface area (Å²) < 4.78 is 0.887. The summed E-state index contributed by atoms with van der Waals surface area (Å²) in [4.78, 5) is 27.1. The Hall–Kier alpha value is -1.44. The van der Waals surface area contributed by atoms with E-state index in [2.05, 4.69) is 21.2 Å². The van der Waals surface area contributed by atoms with Gasteiger partial charge < -0.3 is 20.4 Å². The Kier molecular flexibility index (Phi) is 7.42. The van der Waals surface area contributed by atoms with Crippen molar-refractivity contribution in [1.29, 1.82) is 0 Å². The van der Waals surface area contributed by atoms with Gasteiger partial charge in [-0.2, -0.15) is 0 Å². The molecular formula is C20H29BrN2O4. The predicted octanol–water partition coefficient (Wildman–Crippen LogP) is 2.33. The number of aliphatic hydroxyl groups is 2. The van der Waals surface area contributed by atoms with E-state index in [1.807, 2.05) is 20.8 Å². The highest BCUT2D eigenvalue weighted by atomic mass is 79.9. The van der Waals surface area contributed by atoms with Gasteiger partial charge in [-0.3, -0.25) is 9.59 Å². The van der Waals surface area contributed by atoms with Gasteiger partial charge in [0.05, 0.1) is 18.8 Å². The van der Waals surface area contributed by atoms with Crippen LogP contribution in [-0.4, -0.2) is 58.3 Å². The standard InChI is InChI=1S/C20H29BrN2O4/c1-20(2,3)17(25)11-15(12-24)22-18(26)16-5-4-10-23(16)19(27)13-6-8-14(21)9-7-13/h6-9,15-17,24-25H,4-5,10-12H2,1-3H3,(H,22,26)/t15-,16+,17-/m1/s1. The van der Waals surface area contributed by atoms with Crippen molar-refractivity contribution < 1.29 is 19.8 Å². The van der Waals surface area contributed by atoms with E-state index in [1.54, 1.807) is 29.2 Å². The van der Waals surface area contributed by atoms with Gasteiger partial charge >= 0.3 is 0 Å². The number of hydrogen-bond acceptors (Lipinski definition) is 4. The fourth-order valence-electron chi connectivity index (χ4n) is 3.14. The SMILES string of the molecule is CC(C)(C)[C@H](O)C[C@H](CO)NC(=O)[C@@H]1CCCN1C(=O)c1ccc(Br)cc1. The van der Waals surface area contributed by atoms with Crippen LogP contribution in [0.25, 0.3) is 0 Å². The number of nitrogens with one attached hydrogen (secondary N) is 1. The van der Waals surface area contributed by atoms with Crippen LogP contribution in [0, 0.1) is 5.41 Å². The third kappa shape index (κ3) is 5.77. The second-order valence-corrected chi connectivity index (χ2v) is 9.08. The lowest BCUT2D eigenvalue weighted by molar-refractivity contribution is -0.126. The van der Waals surface area contributed by atoms with Gasteiger partial charge in [0.1, 0.15) is 6.04 Å². The molecule has 1 aromatic rings. The van der Waals surface area contributed by atoms with Crippen molar-refractivity contribution in [2.75, 3.05) is 13.2 Å². The zero-order chi connectivity index (χ0) is 20.2. The number of carbonyl (C=O) groups excluding carboxylic acids is 2. The van der Waals surface area contributed by atoms with Crippen molar-refractivity contribution in [2.45, 2.75) is 58.2 Å². The number of hydrogen-bond donors (Lipinski definition) is 3. The first kappa shape index (κ1) is 21.9. The van der Waals surface area contributed by atoms with Crippen LogP contribution in [0.3, 0.4) is 0 Å². The third-order valence-electron chi connectivity index (χ3n) is 4.98. The van der Waals surface area contributed by atoms with E-state index in [4.69, 9.17) is 0 Å². The topological polar surface area (TPSA) is 89.9 Å². The predicted molar refractivity (Wildman–Crippen MR) is 107 cm³/mol. The summed E-state index contributed by atoms with van der Waals surface area (Å²) in [6.07, 6.45) is 0.959. The van der Waals surface area contributed by atoms with Crippen LogP contribution in [0.1, 0.15) is 50.4 Å². The van der Waals surface area contributed by atoms with Gasteiger partial charge in [-0.15, -0.1) is 0 Å². The van der Waals surface area contributed by atoms with Crippen LogP contribution in [0.4, 0.5) is 0 Å². The number of rotatable bonds is 6. The zero-order valence-corrected chi connectivity index (χ0v) is 17.7. The first-order valence-electron chi connectivity index (χ1n) is 9.29. The van der Waals surface area contributed by atoms with Crippen LogP contribution in [-0.2, 0) is 4.79 Å². The molecule has 1 aromatic carbocycles. The average Bonchev–Trinajstić information content (AvgIpc) is 3.10. The first-order valence-corrected chi connectivity index (χ1v) is 10.1. The van der Waals surface area contributed by atoms with Gasteiger partial charge in [0.15, 0.2) is 0 Å². The molecule has 27 heavy (non-hydrogen) atoms. The Morgan fingerprint density at radius 2 is 1.93 bits per heavy atom. The minimum Gasteiger partial charge on any atom is -0.394 e. The molecule has 0 saturated carbocycles. The molecule has 6 nitrogen and oxygen atoms in total. The van der Waals surface area contributed by atoms with Crippen LogP contribution >= 0.6 is 15.9 Å². The molecule has 0 bridgehead atoms. The van der Waals surface area contributed by atoms with Crippen LogP contribution in [0.5, 0.6) is 0 Å². The van der Waals surface area contributed by atoms with Gasteiger partial charge in [-0.1, -0.05) is 36.7 Å². The third-order valence-corrected chi connectivity index (χ3v) is 5.51. The van der Waals surface area contributed by atoms with Crippen LogP contribution in [0.2, 0.25) is 0 Å². The molecule has 3 atom stereocenters. The molecule has 7 heteroatoms. The van der Waals surface area contributed by atoms with Crippen molar-refractivity contribution in [3.63, 3.8) is 0 Å². The fraction of sp³-hybridized carbons (Fsp3) is 0.600. The van der Waals surface area contributed by atoms with Gasteiger partial charge in [-0.25, -0.2) is 0 Å². The molecule has 3 N–H and O–H groups in total. The van der Waals surface area contributed by atoms with E-state index < -0.39 is 18.2 Å². The monoisotopic (exact) mass is 440 g/mol. The smallest absolute Gasteiger partial charge is 0.254 e. The first-order chi connectivity index (χ1) is 12.6. The molecule has 0 unspecified atom stereocenters. The molecule has 2 amide bonds. The molecule has 150 valence electrons.